The molecule has 20 heavy (non-hydrogen) atoms. The molecule has 0 spiro atoms. The van der Waals surface area contributed by atoms with Crippen molar-refractivity contribution in [1.82, 2.24) is 9.62 Å². The maximum absolute atomic E-state index is 12.7. The molecule has 6 heteroatoms. The fourth-order valence-corrected chi connectivity index (χ4v) is 5.72. The van der Waals surface area contributed by atoms with Gasteiger partial charge in [-0.2, -0.15) is 4.31 Å². The van der Waals surface area contributed by atoms with Crippen LogP contribution in [0.15, 0.2) is 11.0 Å². The van der Waals surface area contributed by atoms with Crippen molar-refractivity contribution in [1.29, 1.82) is 0 Å². The number of rotatable bonds is 5. The lowest BCUT2D eigenvalue weighted by Gasteiger charge is -2.25. The smallest absolute Gasteiger partial charge is 0.244 e. The van der Waals surface area contributed by atoms with Gasteiger partial charge in [-0.1, -0.05) is 6.42 Å². The van der Waals surface area contributed by atoms with Crippen molar-refractivity contribution in [3.63, 3.8) is 0 Å². The summed E-state index contributed by atoms with van der Waals surface area (Å²) in [6.45, 7) is 4.06. The highest BCUT2D eigenvalue weighted by molar-refractivity contribution is 7.89. The summed E-state index contributed by atoms with van der Waals surface area (Å²) in [5.41, 5.74) is 0. The van der Waals surface area contributed by atoms with Crippen LogP contribution in [-0.4, -0.2) is 31.9 Å². The SMILES string of the molecule is Cc1sc(CNC2CC2)cc1S(=O)(=O)N1CCCCC1. The minimum absolute atomic E-state index is 0.525. The molecule has 1 aliphatic carbocycles. The maximum Gasteiger partial charge on any atom is 0.244 e. The van der Waals surface area contributed by atoms with Crippen molar-refractivity contribution >= 4 is 21.4 Å². The zero-order valence-electron chi connectivity index (χ0n) is 11.9. The molecule has 112 valence electrons. The van der Waals surface area contributed by atoms with Crippen LogP contribution >= 0.6 is 11.3 Å². The Labute approximate surface area is 125 Å². The molecule has 3 rings (SSSR count). The van der Waals surface area contributed by atoms with Gasteiger partial charge in [-0.15, -0.1) is 11.3 Å². The zero-order chi connectivity index (χ0) is 14.2. The molecule has 0 radical (unpaired) electrons. The van der Waals surface area contributed by atoms with Gasteiger partial charge < -0.3 is 5.32 Å². The summed E-state index contributed by atoms with van der Waals surface area (Å²) in [5.74, 6) is 0. The molecule has 1 saturated heterocycles. The van der Waals surface area contributed by atoms with Crippen LogP contribution in [0.4, 0.5) is 0 Å². The highest BCUT2D eigenvalue weighted by Gasteiger charge is 2.29. The van der Waals surface area contributed by atoms with E-state index in [1.165, 1.54) is 12.8 Å². The summed E-state index contributed by atoms with van der Waals surface area (Å²) < 4.78 is 27.0. The van der Waals surface area contributed by atoms with E-state index in [9.17, 15) is 8.42 Å². The predicted molar refractivity (Wildman–Crippen MR) is 81.5 cm³/mol. The van der Waals surface area contributed by atoms with E-state index >= 15 is 0 Å². The number of sulfonamides is 1. The second-order valence-electron chi connectivity index (χ2n) is 5.75. The second kappa shape index (κ2) is 5.75. The van der Waals surface area contributed by atoms with Crippen molar-refractivity contribution in [2.75, 3.05) is 13.1 Å². The van der Waals surface area contributed by atoms with Gasteiger partial charge in [0.05, 0.1) is 4.90 Å². The van der Waals surface area contributed by atoms with Crippen LogP contribution < -0.4 is 5.32 Å². The monoisotopic (exact) mass is 314 g/mol. The molecule has 2 heterocycles. The molecule has 0 atom stereocenters. The van der Waals surface area contributed by atoms with Crippen LogP contribution in [0.25, 0.3) is 0 Å². The van der Waals surface area contributed by atoms with Crippen molar-refractivity contribution in [2.24, 2.45) is 0 Å². The molecule has 1 saturated carbocycles. The summed E-state index contributed by atoms with van der Waals surface area (Å²) in [5, 5.41) is 3.45. The molecule has 1 aromatic rings. The summed E-state index contributed by atoms with van der Waals surface area (Å²) in [4.78, 5) is 2.57. The Balaban J connectivity index is 1.77. The van der Waals surface area contributed by atoms with Gasteiger partial charge in [0.2, 0.25) is 10.0 Å². The normalized spacial score (nSPS) is 21.2. The Morgan fingerprint density at radius 1 is 1.30 bits per heavy atom. The number of nitrogens with zero attached hydrogens (tertiary/aromatic N) is 1. The lowest BCUT2D eigenvalue weighted by atomic mass is 10.2. The number of hydrogen-bond acceptors (Lipinski definition) is 4. The summed E-state index contributed by atoms with van der Waals surface area (Å²) in [6.07, 6.45) is 5.62. The molecule has 2 fully saturated rings. The van der Waals surface area contributed by atoms with Crippen LogP contribution in [0.3, 0.4) is 0 Å². The molecule has 0 bridgehead atoms. The third-order valence-corrected chi connectivity index (χ3v) is 7.20. The van der Waals surface area contributed by atoms with E-state index in [2.05, 4.69) is 5.32 Å². The predicted octanol–water partition coefficient (Wildman–Crippen LogP) is 2.48. The zero-order valence-corrected chi connectivity index (χ0v) is 13.5. The van der Waals surface area contributed by atoms with E-state index in [4.69, 9.17) is 0 Å². The second-order valence-corrected chi connectivity index (χ2v) is 9.00. The summed E-state index contributed by atoms with van der Waals surface area (Å²) in [7, 11) is -3.28. The van der Waals surface area contributed by atoms with Crippen LogP contribution in [-0.2, 0) is 16.6 Å². The fourth-order valence-electron chi connectivity index (χ4n) is 2.64. The largest absolute Gasteiger partial charge is 0.309 e. The van der Waals surface area contributed by atoms with E-state index < -0.39 is 10.0 Å². The molecule has 1 N–H and O–H groups in total. The fraction of sp³-hybridized carbons (Fsp3) is 0.714. The van der Waals surface area contributed by atoms with E-state index in [1.807, 2.05) is 13.0 Å². The summed E-state index contributed by atoms with van der Waals surface area (Å²) >= 11 is 1.61. The van der Waals surface area contributed by atoms with Crippen LogP contribution in [0.5, 0.6) is 0 Å². The average Bonchev–Trinajstić information content (AvgIpc) is 3.20. The number of nitrogens with one attached hydrogen (secondary N) is 1. The molecule has 1 aromatic heterocycles. The van der Waals surface area contributed by atoms with Crippen LogP contribution in [0, 0.1) is 6.92 Å². The first kappa shape index (κ1) is 14.5. The molecule has 2 aliphatic rings. The van der Waals surface area contributed by atoms with Gasteiger partial charge in [-0.05, 0) is 38.7 Å². The van der Waals surface area contributed by atoms with E-state index in [-0.39, 0.29) is 0 Å². The number of piperidine rings is 1. The van der Waals surface area contributed by atoms with Crippen LogP contribution in [0.2, 0.25) is 0 Å². The van der Waals surface area contributed by atoms with Gasteiger partial charge in [0.15, 0.2) is 0 Å². The molecular formula is C14H22N2O2S2. The Kier molecular flexibility index (Phi) is 4.17. The maximum atomic E-state index is 12.7. The van der Waals surface area contributed by atoms with Gasteiger partial charge in [-0.25, -0.2) is 8.42 Å². The van der Waals surface area contributed by atoms with E-state index in [1.54, 1.807) is 15.6 Å². The minimum atomic E-state index is -3.28. The molecular weight excluding hydrogens is 292 g/mol. The van der Waals surface area contributed by atoms with Gasteiger partial charge >= 0.3 is 0 Å². The van der Waals surface area contributed by atoms with Gasteiger partial charge in [0.25, 0.3) is 0 Å². The quantitative estimate of drug-likeness (QED) is 0.908. The van der Waals surface area contributed by atoms with Crippen molar-refractivity contribution in [3.8, 4) is 0 Å². The lowest BCUT2D eigenvalue weighted by Crippen LogP contribution is -2.35. The third-order valence-electron chi connectivity index (χ3n) is 4.00. The Morgan fingerprint density at radius 3 is 2.65 bits per heavy atom. The van der Waals surface area contributed by atoms with E-state index in [0.29, 0.717) is 24.0 Å². The van der Waals surface area contributed by atoms with Crippen molar-refractivity contribution < 1.29 is 8.42 Å². The van der Waals surface area contributed by atoms with Gasteiger partial charge in [0.1, 0.15) is 0 Å². The highest BCUT2D eigenvalue weighted by atomic mass is 32.2. The molecule has 0 aromatic carbocycles. The Hall–Kier alpha value is -0.430. The first-order chi connectivity index (χ1) is 9.57. The number of hydrogen-bond donors (Lipinski definition) is 1. The van der Waals surface area contributed by atoms with Gasteiger partial charge in [0, 0.05) is 35.4 Å². The van der Waals surface area contributed by atoms with Crippen molar-refractivity contribution in [3.05, 3.63) is 15.8 Å². The minimum Gasteiger partial charge on any atom is -0.309 e. The van der Waals surface area contributed by atoms with Crippen LogP contribution in [0.1, 0.15) is 41.9 Å². The van der Waals surface area contributed by atoms with E-state index in [0.717, 1.165) is 35.6 Å². The molecule has 0 amide bonds. The number of thiophene rings is 1. The first-order valence-electron chi connectivity index (χ1n) is 7.40. The van der Waals surface area contributed by atoms with Crippen molar-refractivity contribution in [2.45, 2.75) is 56.5 Å². The lowest BCUT2D eigenvalue weighted by molar-refractivity contribution is 0.346. The first-order valence-corrected chi connectivity index (χ1v) is 9.66. The average molecular weight is 314 g/mol. The Morgan fingerprint density at radius 2 is 2.00 bits per heavy atom. The standard InChI is InChI=1S/C14H22N2O2S2/c1-11-14(9-13(19-11)10-15-12-5-6-12)20(17,18)16-7-3-2-4-8-16/h9,12,15H,2-8,10H2,1H3. The topological polar surface area (TPSA) is 49.4 Å². The summed E-state index contributed by atoms with van der Waals surface area (Å²) in [6, 6.07) is 2.53. The third kappa shape index (κ3) is 3.08. The molecule has 4 nitrogen and oxygen atoms in total. The Bertz CT molecular complexity index is 570. The highest BCUT2D eigenvalue weighted by Crippen LogP contribution is 2.30. The molecule has 0 unspecified atom stereocenters. The molecule has 1 aliphatic heterocycles. The number of aryl methyl sites for hydroxylation is 1. The van der Waals surface area contributed by atoms with Gasteiger partial charge in [-0.3, -0.25) is 0 Å².